The molecule has 15 heavy (non-hydrogen) atoms. The molecule has 0 spiro atoms. The van der Waals surface area contributed by atoms with E-state index in [1.54, 1.807) is 12.1 Å². The minimum absolute atomic E-state index is 0.162. The summed E-state index contributed by atoms with van der Waals surface area (Å²) in [7, 11) is 0. The van der Waals surface area contributed by atoms with Crippen molar-refractivity contribution in [1.82, 2.24) is 5.32 Å². The predicted molar refractivity (Wildman–Crippen MR) is 62.3 cm³/mol. The average Bonchev–Trinajstić information content (AvgIpc) is 2.17. The fourth-order valence-electron chi connectivity index (χ4n) is 1.48. The second kappa shape index (κ2) is 5.86. The third-order valence-corrected chi connectivity index (χ3v) is 2.52. The molecule has 1 aromatic carbocycles. The van der Waals surface area contributed by atoms with Crippen molar-refractivity contribution in [3.8, 4) is 0 Å². The molecule has 0 saturated heterocycles. The summed E-state index contributed by atoms with van der Waals surface area (Å²) in [5.74, 6) is 0.544. The van der Waals surface area contributed by atoms with Crippen LogP contribution in [0.25, 0.3) is 0 Å². The normalized spacial score (nSPS) is 13.1. The van der Waals surface area contributed by atoms with Gasteiger partial charge in [0.25, 0.3) is 0 Å². The molecule has 0 aliphatic heterocycles. The maximum Gasteiger partial charge on any atom is 0.123 e. The van der Waals surface area contributed by atoms with Gasteiger partial charge in [0.05, 0.1) is 0 Å². The van der Waals surface area contributed by atoms with Gasteiger partial charge in [-0.2, -0.15) is 0 Å². The molecule has 1 rings (SSSR count). The monoisotopic (exact) mass is 209 g/mol. The Labute approximate surface area is 91.7 Å². The first-order chi connectivity index (χ1) is 7.09. The van der Waals surface area contributed by atoms with E-state index in [0.29, 0.717) is 5.92 Å². The van der Waals surface area contributed by atoms with E-state index in [4.69, 9.17) is 0 Å². The van der Waals surface area contributed by atoms with E-state index < -0.39 is 0 Å². The van der Waals surface area contributed by atoms with Crippen molar-refractivity contribution >= 4 is 0 Å². The number of benzene rings is 1. The number of hydrogen-bond acceptors (Lipinski definition) is 1. The van der Waals surface area contributed by atoms with Crippen LogP contribution >= 0.6 is 0 Å². The lowest BCUT2D eigenvalue weighted by Crippen LogP contribution is -2.21. The van der Waals surface area contributed by atoms with Gasteiger partial charge in [-0.15, -0.1) is 0 Å². The predicted octanol–water partition coefficient (Wildman–Crippen LogP) is 3.52. The maximum atomic E-state index is 13.0. The van der Waals surface area contributed by atoms with Crippen LogP contribution in [0.15, 0.2) is 24.3 Å². The smallest absolute Gasteiger partial charge is 0.123 e. The maximum absolute atomic E-state index is 13.0. The topological polar surface area (TPSA) is 12.0 Å². The largest absolute Gasteiger partial charge is 0.310 e. The summed E-state index contributed by atoms with van der Waals surface area (Å²) >= 11 is 0. The van der Waals surface area contributed by atoms with Crippen LogP contribution < -0.4 is 5.32 Å². The summed E-state index contributed by atoms with van der Waals surface area (Å²) in [6.07, 6.45) is 1.15. The molecule has 1 aromatic rings. The van der Waals surface area contributed by atoms with Gasteiger partial charge in [-0.25, -0.2) is 4.39 Å². The van der Waals surface area contributed by atoms with E-state index in [1.807, 2.05) is 6.07 Å². The molecule has 0 aliphatic carbocycles. The first kappa shape index (κ1) is 12.2. The molecule has 0 bridgehead atoms. The molecule has 0 unspecified atom stereocenters. The molecular weight excluding hydrogens is 189 g/mol. The van der Waals surface area contributed by atoms with Crippen LogP contribution in [-0.4, -0.2) is 6.54 Å². The molecule has 84 valence electrons. The van der Waals surface area contributed by atoms with Crippen molar-refractivity contribution in [3.05, 3.63) is 35.6 Å². The van der Waals surface area contributed by atoms with Crippen LogP contribution in [0.3, 0.4) is 0 Å². The van der Waals surface area contributed by atoms with E-state index in [2.05, 4.69) is 26.1 Å². The Balaban J connectivity index is 2.43. The fraction of sp³-hybridized carbons (Fsp3) is 0.538. The van der Waals surface area contributed by atoms with Crippen molar-refractivity contribution in [1.29, 1.82) is 0 Å². The van der Waals surface area contributed by atoms with Crippen LogP contribution in [-0.2, 0) is 0 Å². The SMILES string of the molecule is CC(C)CCN[C@@H](C)c1cccc(F)c1. The molecule has 0 aromatic heterocycles. The third-order valence-electron chi connectivity index (χ3n) is 2.52. The van der Waals surface area contributed by atoms with Crippen LogP contribution in [0.5, 0.6) is 0 Å². The highest BCUT2D eigenvalue weighted by atomic mass is 19.1. The van der Waals surface area contributed by atoms with E-state index in [-0.39, 0.29) is 11.9 Å². The molecule has 2 heteroatoms. The van der Waals surface area contributed by atoms with Gasteiger partial charge < -0.3 is 5.32 Å². The fourth-order valence-corrected chi connectivity index (χ4v) is 1.48. The number of rotatable bonds is 5. The van der Waals surface area contributed by atoms with Crippen LogP contribution in [0, 0.1) is 11.7 Å². The summed E-state index contributed by atoms with van der Waals surface area (Å²) in [6, 6.07) is 7.00. The Bertz CT molecular complexity index is 296. The second-order valence-electron chi connectivity index (χ2n) is 4.41. The van der Waals surface area contributed by atoms with E-state index in [9.17, 15) is 4.39 Å². The highest BCUT2D eigenvalue weighted by Gasteiger charge is 2.05. The van der Waals surface area contributed by atoms with Gasteiger partial charge in [0.2, 0.25) is 0 Å². The van der Waals surface area contributed by atoms with Gasteiger partial charge in [0.15, 0.2) is 0 Å². The molecule has 0 aliphatic rings. The summed E-state index contributed by atoms with van der Waals surface area (Å²) in [5, 5.41) is 3.39. The van der Waals surface area contributed by atoms with Crippen LogP contribution in [0.4, 0.5) is 4.39 Å². The Hall–Kier alpha value is -0.890. The van der Waals surface area contributed by atoms with Gasteiger partial charge >= 0.3 is 0 Å². The lowest BCUT2D eigenvalue weighted by Gasteiger charge is -2.15. The van der Waals surface area contributed by atoms with Crippen LogP contribution in [0.2, 0.25) is 0 Å². The van der Waals surface area contributed by atoms with Gasteiger partial charge in [-0.05, 0) is 43.5 Å². The highest BCUT2D eigenvalue weighted by Crippen LogP contribution is 2.13. The lowest BCUT2D eigenvalue weighted by atomic mass is 10.1. The Kier molecular flexibility index (Phi) is 4.76. The number of hydrogen-bond donors (Lipinski definition) is 1. The first-order valence-electron chi connectivity index (χ1n) is 5.58. The standard InChI is InChI=1S/C13H20FN/c1-10(2)7-8-15-11(3)12-5-4-6-13(14)9-12/h4-6,9-11,15H,7-8H2,1-3H3/t11-/m0/s1. The molecule has 0 saturated carbocycles. The molecule has 1 nitrogen and oxygen atoms in total. The molecule has 0 amide bonds. The van der Waals surface area contributed by atoms with Gasteiger partial charge in [0.1, 0.15) is 5.82 Å². The summed E-state index contributed by atoms with van der Waals surface area (Å²) < 4.78 is 13.0. The minimum Gasteiger partial charge on any atom is -0.310 e. The van der Waals surface area contributed by atoms with Crippen molar-refractivity contribution in [2.75, 3.05) is 6.54 Å². The zero-order valence-corrected chi connectivity index (χ0v) is 9.76. The van der Waals surface area contributed by atoms with Crippen molar-refractivity contribution in [3.63, 3.8) is 0 Å². The Morgan fingerprint density at radius 2 is 2.00 bits per heavy atom. The molecule has 1 atom stereocenters. The Morgan fingerprint density at radius 1 is 1.27 bits per heavy atom. The minimum atomic E-state index is -0.162. The van der Waals surface area contributed by atoms with E-state index in [0.717, 1.165) is 18.5 Å². The first-order valence-corrected chi connectivity index (χ1v) is 5.58. The second-order valence-corrected chi connectivity index (χ2v) is 4.41. The lowest BCUT2D eigenvalue weighted by molar-refractivity contribution is 0.495. The molecule has 1 N–H and O–H groups in total. The molecule has 0 heterocycles. The number of halogens is 1. The van der Waals surface area contributed by atoms with E-state index in [1.165, 1.54) is 6.07 Å². The quantitative estimate of drug-likeness (QED) is 0.782. The van der Waals surface area contributed by atoms with Gasteiger partial charge in [-0.3, -0.25) is 0 Å². The van der Waals surface area contributed by atoms with Gasteiger partial charge in [-0.1, -0.05) is 26.0 Å². The third kappa shape index (κ3) is 4.43. The highest BCUT2D eigenvalue weighted by molar-refractivity contribution is 5.19. The van der Waals surface area contributed by atoms with Gasteiger partial charge in [0, 0.05) is 6.04 Å². The molecule has 0 radical (unpaired) electrons. The molecule has 0 fully saturated rings. The Morgan fingerprint density at radius 3 is 2.60 bits per heavy atom. The van der Waals surface area contributed by atoms with Crippen molar-refractivity contribution in [2.45, 2.75) is 33.2 Å². The van der Waals surface area contributed by atoms with Crippen molar-refractivity contribution in [2.24, 2.45) is 5.92 Å². The zero-order chi connectivity index (χ0) is 11.3. The van der Waals surface area contributed by atoms with Crippen molar-refractivity contribution < 1.29 is 4.39 Å². The van der Waals surface area contributed by atoms with Crippen LogP contribution in [0.1, 0.15) is 38.8 Å². The molecular formula is C13H20FN. The summed E-state index contributed by atoms with van der Waals surface area (Å²) in [4.78, 5) is 0. The summed E-state index contributed by atoms with van der Waals surface area (Å²) in [6.45, 7) is 7.45. The summed E-state index contributed by atoms with van der Waals surface area (Å²) in [5.41, 5.74) is 1.01. The average molecular weight is 209 g/mol. The van der Waals surface area contributed by atoms with E-state index >= 15 is 0 Å². The zero-order valence-electron chi connectivity index (χ0n) is 9.76. The number of nitrogens with one attached hydrogen (secondary N) is 1.